The number of pyridine rings is 1. The number of nitrogens with two attached hydrogens (primary N) is 1. The first-order valence-corrected chi connectivity index (χ1v) is 6.63. The average molecular weight is 292 g/mol. The summed E-state index contributed by atoms with van der Waals surface area (Å²) >= 11 is 5.92. The van der Waals surface area contributed by atoms with E-state index in [1.807, 2.05) is 24.3 Å². The predicted molar refractivity (Wildman–Crippen MR) is 75.8 cm³/mol. The SMILES string of the molecule is NNC(c1ccnc(Cl)c1)c1ccc2c(c1)OCCO2. The molecule has 20 heavy (non-hydrogen) atoms. The summed E-state index contributed by atoms with van der Waals surface area (Å²) in [5, 5.41) is 0.431. The number of aromatic nitrogens is 1. The van der Waals surface area contributed by atoms with Gasteiger partial charge in [0, 0.05) is 6.20 Å². The summed E-state index contributed by atoms with van der Waals surface area (Å²) in [6.45, 7) is 1.13. The fraction of sp³-hybridized carbons (Fsp3) is 0.214. The summed E-state index contributed by atoms with van der Waals surface area (Å²) in [6.07, 6.45) is 1.65. The van der Waals surface area contributed by atoms with Gasteiger partial charge in [-0.1, -0.05) is 17.7 Å². The largest absolute Gasteiger partial charge is 0.486 e. The molecular formula is C14H14ClN3O2. The van der Waals surface area contributed by atoms with Crippen molar-refractivity contribution in [1.82, 2.24) is 10.4 Å². The number of benzene rings is 1. The fourth-order valence-corrected chi connectivity index (χ4v) is 2.40. The first-order valence-electron chi connectivity index (χ1n) is 6.25. The molecule has 0 saturated heterocycles. The first kappa shape index (κ1) is 13.2. The molecule has 6 heteroatoms. The third-order valence-corrected chi connectivity index (χ3v) is 3.36. The maximum atomic E-state index is 5.92. The number of rotatable bonds is 3. The minimum atomic E-state index is -0.189. The normalized spacial score (nSPS) is 14.9. The number of fused-ring (bicyclic) bond motifs is 1. The van der Waals surface area contributed by atoms with Crippen LogP contribution in [0.25, 0.3) is 0 Å². The fourth-order valence-electron chi connectivity index (χ4n) is 2.22. The second kappa shape index (κ2) is 5.66. The number of nitrogens with zero attached hydrogens (tertiary/aromatic N) is 1. The van der Waals surface area contributed by atoms with Crippen molar-refractivity contribution >= 4 is 11.6 Å². The topological polar surface area (TPSA) is 69.4 Å². The molecule has 0 spiro atoms. The maximum absolute atomic E-state index is 5.92. The summed E-state index contributed by atoms with van der Waals surface area (Å²) in [4.78, 5) is 3.97. The summed E-state index contributed by atoms with van der Waals surface area (Å²) in [5.41, 5.74) is 4.69. The van der Waals surface area contributed by atoms with Gasteiger partial charge in [-0.05, 0) is 35.4 Å². The molecule has 1 aromatic carbocycles. The van der Waals surface area contributed by atoms with E-state index in [1.165, 1.54) is 0 Å². The molecule has 2 aromatic rings. The van der Waals surface area contributed by atoms with Gasteiger partial charge in [-0.2, -0.15) is 0 Å². The lowest BCUT2D eigenvalue weighted by atomic mass is 10.00. The lowest BCUT2D eigenvalue weighted by Gasteiger charge is -2.22. The highest BCUT2D eigenvalue weighted by molar-refractivity contribution is 6.29. The molecule has 3 rings (SSSR count). The van der Waals surface area contributed by atoms with Gasteiger partial charge in [0.15, 0.2) is 11.5 Å². The van der Waals surface area contributed by atoms with E-state index in [9.17, 15) is 0 Å². The molecule has 104 valence electrons. The Bertz CT molecular complexity index is 621. The van der Waals surface area contributed by atoms with E-state index >= 15 is 0 Å². The van der Waals surface area contributed by atoms with E-state index in [4.69, 9.17) is 26.9 Å². The van der Waals surface area contributed by atoms with Crippen LogP contribution in [0.1, 0.15) is 17.2 Å². The highest BCUT2D eigenvalue weighted by atomic mass is 35.5. The molecule has 1 aromatic heterocycles. The van der Waals surface area contributed by atoms with Crippen LogP contribution in [-0.4, -0.2) is 18.2 Å². The Morgan fingerprint density at radius 1 is 1.10 bits per heavy atom. The quantitative estimate of drug-likeness (QED) is 0.515. The van der Waals surface area contributed by atoms with Gasteiger partial charge in [-0.15, -0.1) is 0 Å². The Morgan fingerprint density at radius 2 is 1.85 bits per heavy atom. The molecule has 0 saturated carbocycles. The minimum absolute atomic E-state index is 0.189. The predicted octanol–water partition coefficient (Wildman–Crippen LogP) is 2.06. The zero-order chi connectivity index (χ0) is 13.9. The van der Waals surface area contributed by atoms with E-state index in [2.05, 4.69) is 10.4 Å². The Hall–Kier alpha value is -1.82. The van der Waals surface area contributed by atoms with Crippen LogP contribution < -0.4 is 20.7 Å². The van der Waals surface area contributed by atoms with Crippen LogP contribution in [0.2, 0.25) is 5.15 Å². The van der Waals surface area contributed by atoms with Crippen molar-refractivity contribution in [3.05, 3.63) is 52.8 Å². The van der Waals surface area contributed by atoms with Crippen molar-refractivity contribution in [2.75, 3.05) is 13.2 Å². The Labute approximate surface area is 121 Å². The second-order valence-corrected chi connectivity index (χ2v) is 4.80. The molecular weight excluding hydrogens is 278 g/mol. The van der Waals surface area contributed by atoms with Crippen LogP contribution in [0.3, 0.4) is 0 Å². The van der Waals surface area contributed by atoms with Gasteiger partial charge < -0.3 is 9.47 Å². The van der Waals surface area contributed by atoms with Gasteiger partial charge in [0.1, 0.15) is 18.4 Å². The van der Waals surface area contributed by atoms with Crippen LogP contribution in [0, 0.1) is 0 Å². The molecule has 1 aliphatic rings. The molecule has 1 aliphatic heterocycles. The van der Waals surface area contributed by atoms with E-state index in [1.54, 1.807) is 12.3 Å². The minimum Gasteiger partial charge on any atom is -0.486 e. The average Bonchev–Trinajstić information content (AvgIpc) is 2.48. The Balaban J connectivity index is 1.97. The van der Waals surface area contributed by atoms with Crippen LogP contribution in [0.4, 0.5) is 0 Å². The van der Waals surface area contributed by atoms with E-state index in [0.717, 1.165) is 22.6 Å². The molecule has 1 atom stereocenters. The number of hydrazine groups is 1. The second-order valence-electron chi connectivity index (χ2n) is 4.41. The third kappa shape index (κ3) is 2.56. The number of nitrogens with one attached hydrogen (secondary N) is 1. The first-order chi connectivity index (χ1) is 9.78. The van der Waals surface area contributed by atoms with Gasteiger partial charge in [0.05, 0.1) is 6.04 Å². The molecule has 0 aliphatic carbocycles. The van der Waals surface area contributed by atoms with Crippen LogP contribution in [-0.2, 0) is 0 Å². The third-order valence-electron chi connectivity index (χ3n) is 3.15. The van der Waals surface area contributed by atoms with Crippen molar-refractivity contribution in [3.8, 4) is 11.5 Å². The van der Waals surface area contributed by atoms with Gasteiger partial charge in [-0.3, -0.25) is 5.84 Å². The molecule has 2 heterocycles. The van der Waals surface area contributed by atoms with Crippen LogP contribution in [0.15, 0.2) is 36.5 Å². The van der Waals surface area contributed by atoms with Crippen LogP contribution in [0.5, 0.6) is 11.5 Å². The Kier molecular flexibility index (Phi) is 3.73. The lowest BCUT2D eigenvalue weighted by Crippen LogP contribution is -2.29. The lowest BCUT2D eigenvalue weighted by molar-refractivity contribution is 0.171. The maximum Gasteiger partial charge on any atom is 0.161 e. The van der Waals surface area contributed by atoms with Crippen molar-refractivity contribution in [2.45, 2.75) is 6.04 Å². The highest BCUT2D eigenvalue weighted by Crippen LogP contribution is 2.34. The zero-order valence-electron chi connectivity index (χ0n) is 10.7. The van der Waals surface area contributed by atoms with Gasteiger partial charge in [0.2, 0.25) is 0 Å². The van der Waals surface area contributed by atoms with Crippen LogP contribution >= 0.6 is 11.6 Å². The van der Waals surface area contributed by atoms with Crippen molar-refractivity contribution in [3.63, 3.8) is 0 Å². The monoisotopic (exact) mass is 291 g/mol. The standard InChI is InChI=1S/C14H14ClN3O2/c15-13-8-10(3-4-17-13)14(18-16)9-1-2-11-12(7-9)20-6-5-19-11/h1-4,7-8,14,18H,5-6,16H2. The summed E-state index contributed by atoms with van der Waals surface area (Å²) in [6, 6.07) is 9.22. The smallest absolute Gasteiger partial charge is 0.161 e. The summed E-state index contributed by atoms with van der Waals surface area (Å²) in [5.74, 6) is 7.16. The van der Waals surface area contributed by atoms with Crippen molar-refractivity contribution in [2.24, 2.45) is 5.84 Å². The molecule has 0 fully saturated rings. The van der Waals surface area contributed by atoms with Gasteiger partial charge in [-0.25, -0.2) is 10.4 Å². The van der Waals surface area contributed by atoms with E-state index in [0.29, 0.717) is 18.4 Å². The Morgan fingerprint density at radius 3 is 2.60 bits per heavy atom. The van der Waals surface area contributed by atoms with Gasteiger partial charge in [0.25, 0.3) is 0 Å². The molecule has 0 radical (unpaired) electrons. The van der Waals surface area contributed by atoms with Crippen molar-refractivity contribution in [1.29, 1.82) is 0 Å². The number of hydrogen-bond donors (Lipinski definition) is 2. The number of halogens is 1. The molecule has 0 amide bonds. The van der Waals surface area contributed by atoms with Crippen molar-refractivity contribution < 1.29 is 9.47 Å². The highest BCUT2D eigenvalue weighted by Gasteiger charge is 2.17. The summed E-state index contributed by atoms with van der Waals surface area (Å²) < 4.78 is 11.1. The zero-order valence-corrected chi connectivity index (χ0v) is 11.4. The number of hydrogen-bond acceptors (Lipinski definition) is 5. The molecule has 1 unspecified atom stereocenters. The van der Waals surface area contributed by atoms with E-state index < -0.39 is 0 Å². The molecule has 5 nitrogen and oxygen atoms in total. The molecule has 3 N–H and O–H groups in total. The number of ether oxygens (including phenoxy) is 2. The molecule has 0 bridgehead atoms. The summed E-state index contributed by atoms with van der Waals surface area (Å²) in [7, 11) is 0. The van der Waals surface area contributed by atoms with Gasteiger partial charge >= 0.3 is 0 Å². The van der Waals surface area contributed by atoms with E-state index in [-0.39, 0.29) is 6.04 Å².